The summed E-state index contributed by atoms with van der Waals surface area (Å²) in [5, 5.41) is 2.88. The zero-order chi connectivity index (χ0) is 22.1. The van der Waals surface area contributed by atoms with E-state index in [4.69, 9.17) is 4.42 Å². The average Bonchev–Trinajstić information content (AvgIpc) is 3.02. The van der Waals surface area contributed by atoms with Crippen LogP contribution in [0.25, 0.3) is 0 Å². The van der Waals surface area contributed by atoms with Gasteiger partial charge in [0.15, 0.2) is 0 Å². The van der Waals surface area contributed by atoms with Crippen LogP contribution in [0.5, 0.6) is 0 Å². The lowest BCUT2D eigenvalue weighted by molar-refractivity contribution is 0.0939. The molecule has 30 heavy (non-hydrogen) atoms. The van der Waals surface area contributed by atoms with E-state index in [1.807, 2.05) is 26.8 Å². The van der Waals surface area contributed by atoms with Crippen molar-refractivity contribution < 1.29 is 22.0 Å². The molecule has 0 aliphatic rings. The second-order valence-corrected chi connectivity index (χ2v) is 8.84. The van der Waals surface area contributed by atoms with Gasteiger partial charge in [0.25, 0.3) is 15.9 Å². The molecule has 3 rings (SSSR count). The summed E-state index contributed by atoms with van der Waals surface area (Å²) in [6.45, 7) is 7.05. The van der Waals surface area contributed by atoms with E-state index in [2.05, 4.69) is 10.0 Å². The van der Waals surface area contributed by atoms with E-state index in [0.717, 1.165) is 23.2 Å². The van der Waals surface area contributed by atoms with Gasteiger partial charge < -0.3 is 9.73 Å². The number of hydrogen-bond donors (Lipinski definition) is 2. The zero-order valence-electron chi connectivity index (χ0n) is 17.1. The summed E-state index contributed by atoms with van der Waals surface area (Å²) in [5.74, 6) is 0.521. The third kappa shape index (κ3) is 4.71. The average molecular weight is 431 g/mol. The van der Waals surface area contributed by atoms with Crippen LogP contribution in [0.1, 0.15) is 46.0 Å². The fourth-order valence-electron chi connectivity index (χ4n) is 3.12. The van der Waals surface area contributed by atoms with Crippen LogP contribution in [-0.2, 0) is 10.0 Å². The number of carbonyl (C=O) groups is 1. The highest BCUT2D eigenvalue weighted by atomic mass is 32.2. The Morgan fingerprint density at radius 2 is 1.80 bits per heavy atom. The fraction of sp³-hybridized carbons (Fsp3) is 0.227. The van der Waals surface area contributed by atoms with Crippen LogP contribution in [0.3, 0.4) is 0 Å². The molecule has 1 atom stereocenters. The van der Waals surface area contributed by atoms with Gasteiger partial charge >= 0.3 is 0 Å². The van der Waals surface area contributed by atoms with Gasteiger partial charge in [0.2, 0.25) is 0 Å². The molecule has 1 heterocycles. The predicted molar refractivity (Wildman–Crippen MR) is 112 cm³/mol. The summed E-state index contributed by atoms with van der Waals surface area (Å²) in [5.41, 5.74) is 1.71. The van der Waals surface area contributed by atoms with E-state index in [1.165, 1.54) is 24.3 Å². The second-order valence-electron chi connectivity index (χ2n) is 7.16. The first-order valence-electron chi connectivity index (χ1n) is 9.33. The summed E-state index contributed by atoms with van der Waals surface area (Å²) in [4.78, 5) is 12.5. The Bertz CT molecular complexity index is 1200. The molecule has 0 bridgehead atoms. The Labute approximate surface area is 175 Å². The number of rotatable bonds is 6. The maximum atomic E-state index is 13.8. The largest absolute Gasteiger partial charge is 0.466 e. The molecule has 0 saturated heterocycles. The molecule has 8 heteroatoms. The summed E-state index contributed by atoms with van der Waals surface area (Å²) in [6.07, 6.45) is 0. The minimum atomic E-state index is -4.00. The van der Waals surface area contributed by atoms with Crippen LogP contribution in [0, 0.1) is 26.6 Å². The molecule has 2 aromatic carbocycles. The van der Waals surface area contributed by atoms with Crippen LogP contribution in [0.15, 0.2) is 57.8 Å². The smallest absolute Gasteiger partial charge is 0.261 e. The number of hydrogen-bond acceptors (Lipinski definition) is 4. The summed E-state index contributed by atoms with van der Waals surface area (Å²) in [6, 6.07) is 11.4. The number of sulfonamides is 1. The van der Waals surface area contributed by atoms with E-state index in [9.17, 15) is 17.6 Å². The highest BCUT2D eigenvalue weighted by Crippen LogP contribution is 2.23. The second kappa shape index (κ2) is 8.31. The van der Waals surface area contributed by atoms with Crippen molar-refractivity contribution in [3.63, 3.8) is 0 Å². The van der Waals surface area contributed by atoms with Crippen LogP contribution in [-0.4, -0.2) is 14.3 Å². The summed E-state index contributed by atoms with van der Waals surface area (Å²) < 4.78 is 46.8. The number of nitrogens with one attached hydrogen (secondary N) is 2. The van der Waals surface area contributed by atoms with Gasteiger partial charge in [-0.3, -0.25) is 9.52 Å². The van der Waals surface area contributed by atoms with Gasteiger partial charge in [0.1, 0.15) is 17.3 Å². The van der Waals surface area contributed by atoms with Gasteiger partial charge in [-0.25, -0.2) is 12.8 Å². The quantitative estimate of drug-likeness (QED) is 0.597. The number of furan rings is 1. The summed E-state index contributed by atoms with van der Waals surface area (Å²) in [7, 11) is -4.00. The Balaban J connectivity index is 1.77. The van der Waals surface area contributed by atoms with Crippen LogP contribution >= 0.6 is 0 Å². The molecule has 0 fully saturated rings. The van der Waals surface area contributed by atoms with Crippen LogP contribution in [0.2, 0.25) is 0 Å². The Hall–Kier alpha value is -3.13. The lowest BCUT2D eigenvalue weighted by Gasteiger charge is -2.14. The number of carbonyl (C=O) groups excluding carboxylic acids is 1. The van der Waals surface area contributed by atoms with Crippen molar-refractivity contribution in [3.05, 3.63) is 82.6 Å². The van der Waals surface area contributed by atoms with E-state index in [1.54, 1.807) is 19.1 Å². The molecular weight excluding hydrogens is 407 g/mol. The van der Waals surface area contributed by atoms with Gasteiger partial charge in [-0.05, 0) is 69.7 Å². The highest BCUT2D eigenvalue weighted by Gasteiger charge is 2.19. The van der Waals surface area contributed by atoms with E-state index in [0.29, 0.717) is 5.56 Å². The van der Waals surface area contributed by atoms with Crippen molar-refractivity contribution in [1.82, 2.24) is 5.32 Å². The standard InChI is InChI=1S/C22H23FN2O4S/c1-13-8-9-19(12-21(13)23)30(27,28)25-18-7-5-6-17(11-18)22(26)24-15(3)20-10-14(2)29-16(20)4/h5-12,15,25H,1-4H3,(H,24,26). The third-order valence-electron chi connectivity index (χ3n) is 4.72. The van der Waals surface area contributed by atoms with Crippen molar-refractivity contribution in [1.29, 1.82) is 0 Å². The molecule has 1 amide bonds. The van der Waals surface area contributed by atoms with E-state index >= 15 is 0 Å². The van der Waals surface area contributed by atoms with Gasteiger partial charge in [-0.15, -0.1) is 0 Å². The number of aryl methyl sites for hydroxylation is 3. The van der Waals surface area contributed by atoms with Gasteiger partial charge in [0, 0.05) is 16.8 Å². The highest BCUT2D eigenvalue weighted by molar-refractivity contribution is 7.92. The normalized spacial score (nSPS) is 12.4. The fourth-order valence-corrected chi connectivity index (χ4v) is 4.18. The minimum absolute atomic E-state index is 0.195. The number of benzene rings is 2. The SMILES string of the molecule is Cc1cc(C(C)NC(=O)c2cccc(NS(=O)(=O)c3ccc(C)c(F)c3)c2)c(C)o1. The van der Waals surface area contributed by atoms with Crippen molar-refractivity contribution in [3.8, 4) is 0 Å². The van der Waals surface area contributed by atoms with Crippen molar-refractivity contribution in [2.75, 3.05) is 4.72 Å². The van der Waals surface area contributed by atoms with Crippen molar-refractivity contribution >= 4 is 21.6 Å². The van der Waals surface area contributed by atoms with E-state index < -0.39 is 15.8 Å². The van der Waals surface area contributed by atoms with Gasteiger partial charge in [-0.1, -0.05) is 12.1 Å². The first-order chi connectivity index (χ1) is 14.1. The minimum Gasteiger partial charge on any atom is -0.466 e. The molecule has 0 saturated carbocycles. The molecule has 0 aliphatic heterocycles. The third-order valence-corrected chi connectivity index (χ3v) is 6.10. The predicted octanol–water partition coefficient (Wildman–Crippen LogP) is 4.64. The van der Waals surface area contributed by atoms with Gasteiger partial charge in [0.05, 0.1) is 10.9 Å². The topological polar surface area (TPSA) is 88.4 Å². The maximum absolute atomic E-state index is 13.8. The molecule has 2 N–H and O–H groups in total. The Morgan fingerprint density at radius 3 is 2.43 bits per heavy atom. The molecule has 1 aromatic heterocycles. The molecule has 0 aliphatic carbocycles. The van der Waals surface area contributed by atoms with Crippen LogP contribution in [0.4, 0.5) is 10.1 Å². The van der Waals surface area contributed by atoms with Crippen molar-refractivity contribution in [2.45, 2.75) is 38.6 Å². The molecule has 6 nitrogen and oxygen atoms in total. The lowest BCUT2D eigenvalue weighted by atomic mass is 10.1. The number of anilines is 1. The number of amides is 1. The Kier molecular flexibility index (Phi) is 5.98. The summed E-state index contributed by atoms with van der Waals surface area (Å²) >= 11 is 0. The molecule has 0 spiro atoms. The van der Waals surface area contributed by atoms with E-state index in [-0.39, 0.29) is 28.1 Å². The zero-order valence-corrected chi connectivity index (χ0v) is 17.9. The van der Waals surface area contributed by atoms with Gasteiger partial charge in [-0.2, -0.15) is 0 Å². The molecule has 1 unspecified atom stereocenters. The first-order valence-corrected chi connectivity index (χ1v) is 10.8. The number of halogens is 1. The Morgan fingerprint density at radius 1 is 1.07 bits per heavy atom. The molecule has 0 radical (unpaired) electrons. The van der Waals surface area contributed by atoms with Crippen molar-refractivity contribution in [2.24, 2.45) is 0 Å². The molecule has 158 valence electrons. The monoisotopic (exact) mass is 430 g/mol. The van der Waals surface area contributed by atoms with Crippen LogP contribution < -0.4 is 10.0 Å². The first kappa shape index (κ1) is 21.6. The lowest BCUT2D eigenvalue weighted by Crippen LogP contribution is -2.27. The molecular formula is C22H23FN2O4S. The maximum Gasteiger partial charge on any atom is 0.261 e. The molecule has 3 aromatic rings.